The Morgan fingerprint density at radius 1 is 1.09 bits per heavy atom. The number of anilines is 1. The van der Waals surface area contributed by atoms with Crippen molar-refractivity contribution in [3.8, 4) is 5.75 Å². The number of ether oxygens (including phenoxy) is 1. The third kappa shape index (κ3) is 7.03. The molecule has 13 heteroatoms. The summed E-state index contributed by atoms with van der Waals surface area (Å²) in [6.07, 6.45) is -3.74. The van der Waals surface area contributed by atoms with Gasteiger partial charge in [-0.05, 0) is 50.5 Å². The Morgan fingerprint density at radius 3 is 2.27 bits per heavy atom. The summed E-state index contributed by atoms with van der Waals surface area (Å²) in [7, 11) is 0.264. The minimum absolute atomic E-state index is 0. The highest BCUT2D eigenvalue weighted by atomic mass is 35.5. The van der Waals surface area contributed by atoms with Crippen molar-refractivity contribution in [2.45, 2.75) is 11.3 Å². The number of nitrogens with zero attached hydrogens (tertiary/aromatic N) is 3. The average Bonchev–Trinajstić information content (AvgIpc) is 3.08. The number of likely N-dealkylation sites (N-methyl/N-ethyl adjacent to an activating group) is 1. The maximum absolute atomic E-state index is 13.2. The molecule has 3 aromatic rings. The Kier molecular flexibility index (Phi) is 8.33. The largest absolute Gasteiger partial charge is 0.573 e. The molecule has 0 radical (unpaired) electrons. The van der Waals surface area contributed by atoms with Gasteiger partial charge in [-0.25, -0.2) is 13.4 Å². The zero-order valence-electron chi connectivity index (χ0n) is 17.8. The van der Waals surface area contributed by atoms with E-state index < -0.39 is 22.1 Å². The lowest BCUT2D eigenvalue weighted by Gasteiger charge is -2.22. The fourth-order valence-electron chi connectivity index (χ4n) is 2.79. The quantitative estimate of drug-likeness (QED) is 0.461. The van der Waals surface area contributed by atoms with Crippen molar-refractivity contribution in [2.75, 3.05) is 38.3 Å². The standard InChI is InChI=1S/C20H20F3N3O4S2.ClH/c1-25(2)10-11-26(18(27)13-4-7-15(8-5-13)32(3,28)29)19-24-16-9-6-14(12-17(16)31-19)30-20(21,22)23;/h4-9,12H,10-11H2,1-3H3;1H. The van der Waals surface area contributed by atoms with Crippen LogP contribution in [0.1, 0.15) is 10.4 Å². The first kappa shape index (κ1) is 26.8. The normalized spacial score (nSPS) is 12.0. The number of carbonyl (C=O) groups excluding carboxylic acids is 1. The molecule has 0 aliphatic rings. The summed E-state index contributed by atoms with van der Waals surface area (Å²) < 4.78 is 65.3. The van der Waals surface area contributed by atoms with E-state index in [9.17, 15) is 26.4 Å². The Hall–Kier alpha value is -2.41. The van der Waals surface area contributed by atoms with Crippen LogP contribution in [0.25, 0.3) is 10.2 Å². The number of alkyl halides is 3. The van der Waals surface area contributed by atoms with E-state index in [1.54, 1.807) is 0 Å². The van der Waals surface area contributed by atoms with Gasteiger partial charge in [-0.2, -0.15) is 0 Å². The average molecular weight is 524 g/mol. The number of aromatic nitrogens is 1. The van der Waals surface area contributed by atoms with Crippen molar-refractivity contribution >= 4 is 54.8 Å². The van der Waals surface area contributed by atoms with Gasteiger partial charge in [0.1, 0.15) is 5.75 Å². The lowest BCUT2D eigenvalue weighted by molar-refractivity contribution is -0.274. The molecule has 180 valence electrons. The first-order chi connectivity index (χ1) is 14.8. The summed E-state index contributed by atoms with van der Waals surface area (Å²) in [5.74, 6) is -0.777. The Morgan fingerprint density at radius 2 is 1.73 bits per heavy atom. The second kappa shape index (κ2) is 10.2. The number of amides is 1. The van der Waals surface area contributed by atoms with E-state index in [1.807, 2.05) is 19.0 Å². The second-order valence-electron chi connectivity index (χ2n) is 7.23. The first-order valence-corrected chi connectivity index (χ1v) is 12.0. The van der Waals surface area contributed by atoms with Crippen molar-refractivity contribution in [3.05, 3.63) is 48.0 Å². The number of halogens is 4. The van der Waals surface area contributed by atoms with Crippen LogP contribution in [0, 0.1) is 0 Å². The summed E-state index contributed by atoms with van der Waals surface area (Å²) in [5, 5.41) is 0.309. The van der Waals surface area contributed by atoms with Crippen LogP contribution in [0.4, 0.5) is 18.3 Å². The van der Waals surface area contributed by atoms with E-state index in [0.29, 0.717) is 21.9 Å². The number of fused-ring (bicyclic) bond motifs is 1. The molecule has 0 unspecified atom stereocenters. The maximum Gasteiger partial charge on any atom is 0.573 e. The molecule has 0 saturated carbocycles. The minimum Gasteiger partial charge on any atom is -0.406 e. The van der Waals surface area contributed by atoms with E-state index >= 15 is 0 Å². The molecule has 1 amide bonds. The van der Waals surface area contributed by atoms with E-state index in [2.05, 4.69) is 9.72 Å². The Bertz CT molecular complexity index is 1230. The minimum atomic E-state index is -4.81. The van der Waals surface area contributed by atoms with Gasteiger partial charge in [0.25, 0.3) is 5.91 Å². The van der Waals surface area contributed by atoms with E-state index in [-0.39, 0.29) is 35.2 Å². The zero-order valence-corrected chi connectivity index (χ0v) is 20.2. The monoisotopic (exact) mass is 523 g/mol. The van der Waals surface area contributed by atoms with E-state index in [1.165, 1.54) is 41.3 Å². The summed E-state index contributed by atoms with van der Waals surface area (Å²) in [4.78, 5) is 21.0. The molecule has 0 aliphatic carbocycles. The van der Waals surface area contributed by atoms with Crippen molar-refractivity contribution in [2.24, 2.45) is 0 Å². The third-order valence-corrected chi connectivity index (χ3v) is 6.53. The molecule has 0 aliphatic heterocycles. The number of thiazole rings is 1. The molecule has 33 heavy (non-hydrogen) atoms. The summed E-state index contributed by atoms with van der Waals surface area (Å²) >= 11 is 1.06. The molecule has 0 fully saturated rings. The van der Waals surface area contributed by atoms with Crippen molar-refractivity contribution < 1.29 is 31.1 Å². The number of rotatable bonds is 7. The van der Waals surface area contributed by atoms with Crippen molar-refractivity contribution in [3.63, 3.8) is 0 Å². The van der Waals surface area contributed by atoms with Gasteiger partial charge in [-0.1, -0.05) is 11.3 Å². The highest BCUT2D eigenvalue weighted by molar-refractivity contribution is 7.90. The smallest absolute Gasteiger partial charge is 0.406 e. The summed E-state index contributed by atoms with van der Waals surface area (Å²) in [6, 6.07) is 9.33. The van der Waals surface area contributed by atoms with Crippen molar-refractivity contribution in [1.29, 1.82) is 0 Å². The van der Waals surface area contributed by atoms with Gasteiger partial charge in [-0.3, -0.25) is 9.69 Å². The lowest BCUT2D eigenvalue weighted by atomic mass is 10.2. The number of carbonyl (C=O) groups is 1. The number of hydrogen-bond acceptors (Lipinski definition) is 7. The zero-order chi connectivity index (χ0) is 23.7. The Labute approximate surface area is 199 Å². The predicted molar refractivity (Wildman–Crippen MR) is 123 cm³/mol. The molecular formula is C20H21ClF3N3O4S2. The number of sulfone groups is 1. The summed E-state index contributed by atoms with van der Waals surface area (Å²) in [5.41, 5.74) is 0.686. The molecule has 2 aromatic carbocycles. The van der Waals surface area contributed by atoms with Gasteiger partial charge in [0.15, 0.2) is 15.0 Å². The van der Waals surface area contributed by atoms with Crippen LogP contribution < -0.4 is 9.64 Å². The molecule has 0 bridgehead atoms. The topological polar surface area (TPSA) is 79.8 Å². The predicted octanol–water partition coefficient (Wildman–Crippen LogP) is 4.23. The highest BCUT2D eigenvalue weighted by Crippen LogP contribution is 2.33. The van der Waals surface area contributed by atoms with Crippen LogP contribution in [0.3, 0.4) is 0 Å². The molecular weight excluding hydrogens is 503 g/mol. The fourth-order valence-corrected chi connectivity index (χ4v) is 4.44. The van der Waals surface area contributed by atoms with Crippen LogP contribution in [0.5, 0.6) is 5.75 Å². The van der Waals surface area contributed by atoms with Gasteiger partial charge >= 0.3 is 6.36 Å². The maximum atomic E-state index is 13.2. The molecule has 1 aromatic heterocycles. The number of benzene rings is 2. The first-order valence-electron chi connectivity index (χ1n) is 9.26. The fraction of sp³-hybridized carbons (Fsp3) is 0.300. The molecule has 0 N–H and O–H groups in total. The van der Waals surface area contributed by atoms with Gasteiger partial charge in [0.05, 0.1) is 15.1 Å². The van der Waals surface area contributed by atoms with Crippen LogP contribution in [-0.2, 0) is 9.84 Å². The van der Waals surface area contributed by atoms with Gasteiger partial charge in [0, 0.05) is 31.0 Å². The highest BCUT2D eigenvalue weighted by Gasteiger charge is 2.31. The SMILES string of the molecule is CN(C)CCN(C(=O)c1ccc(S(C)(=O)=O)cc1)c1nc2ccc(OC(F)(F)F)cc2s1.Cl. The molecule has 3 rings (SSSR count). The summed E-state index contributed by atoms with van der Waals surface area (Å²) in [6.45, 7) is 0.775. The van der Waals surface area contributed by atoms with Crippen molar-refractivity contribution in [1.82, 2.24) is 9.88 Å². The lowest BCUT2D eigenvalue weighted by Crippen LogP contribution is -2.36. The van der Waals surface area contributed by atoms with Crippen LogP contribution in [-0.4, -0.2) is 64.0 Å². The van der Waals surface area contributed by atoms with Crippen LogP contribution in [0.2, 0.25) is 0 Å². The van der Waals surface area contributed by atoms with Gasteiger partial charge < -0.3 is 9.64 Å². The van der Waals surface area contributed by atoms with Crippen LogP contribution in [0.15, 0.2) is 47.4 Å². The van der Waals surface area contributed by atoms with E-state index in [0.717, 1.165) is 23.7 Å². The Balaban J connectivity index is 0.00000385. The van der Waals surface area contributed by atoms with Crippen LogP contribution >= 0.6 is 23.7 Å². The molecule has 0 saturated heterocycles. The second-order valence-corrected chi connectivity index (χ2v) is 10.3. The molecule has 0 spiro atoms. The number of hydrogen-bond donors (Lipinski definition) is 0. The molecule has 7 nitrogen and oxygen atoms in total. The van der Waals surface area contributed by atoms with E-state index in [4.69, 9.17) is 0 Å². The van der Waals surface area contributed by atoms with Gasteiger partial charge in [-0.15, -0.1) is 25.6 Å². The van der Waals surface area contributed by atoms with Gasteiger partial charge in [0.2, 0.25) is 0 Å². The third-order valence-electron chi connectivity index (χ3n) is 4.36. The molecule has 1 heterocycles. The molecule has 0 atom stereocenters.